The number of carbonyl (C=O) groups excluding carboxylic acids is 2. The SMILES string of the molecule is CCCCNC(=O)c1cccc(C(=O)Nc2ccccc2Cl)n1. The van der Waals surface area contributed by atoms with Crippen molar-refractivity contribution in [1.29, 1.82) is 0 Å². The van der Waals surface area contributed by atoms with Gasteiger partial charge in [0.25, 0.3) is 11.8 Å². The van der Waals surface area contributed by atoms with Crippen LogP contribution in [0.2, 0.25) is 5.02 Å². The van der Waals surface area contributed by atoms with Gasteiger partial charge in [-0.25, -0.2) is 4.98 Å². The quantitative estimate of drug-likeness (QED) is 0.796. The molecule has 0 fully saturated rings. The zero-order valence-corrected chi connectivity index (χ0v) is 13.6. The van der Waals surface area contributed by atoms with Gasteiger partial charge in [0, 0.05) is 6.54 Å². The molecule has 2 N–H and O–H groups in total. The molecule has 23 heavy (non-hydrogen) atoms. The van der Waals surface area contributed by atoms with Crippen molar-refractivity contribution in [3.63, 3.8) is 0 Å². The number of amides is 2. The molecule has 0 aliphatic carbocycles. The lowest BCUT2D eigenvalue weighted by Gasteiger charge is -2.08. The van der Waals surface area contributed by atoms with Crippen LogP contribution in [0.25, 0.3) is 0 Å². The average Bonchev–Trinajstić information content (AvgIpc) is 2.57. The van der Waals surface area contributed by atoms with Gasteiger partial charge in [-0.15, -0.1) is 0 Å². The van der Waals surface area contributed by atoms with E-state index >= 15 is 0 Å². The summed E-state index contributed by atoms with van der Waals surface area (Å²) in [6.45, 7) is 2.64. The van der Waals surface area contributed by atoms with Gasteiger partial charge >= 0.3 is 0 Å². The number of pyridine rings is 1. The largest absolute Gasteiger partial charge is 0.351 e. The molecule has 0 unspecified atom stereocenters. The lowest BCUT2D eigenvalue weighted by molar-refractivity contribution is 0.0948. The number of benzene rings is 1. The zero-order chi connectivity index (χ0) is 16.7. The molecule has 6 heteroatoms. The molecule has 1 aromatic heterocycles. The van der Waals surface area contributed by atoms with Gasteiger partial charge in [0.05, 0.1) is 10.7 Å². The molecule has 0 spiro atoms. The Hall–Kier alpha value is -2.40. The van der Waals surface area contributed by atoms with E-state index in [1.54, 1.807) is 42.5 Å². The number of para-hydroxylation sites is 1. The molecule has 0 radical (unpaired) electrons. The molecule has 2 aromatic rings. The minimum Gasteiger partial charge on any atom is -0.351 e. The van der Waals surface area contributed by atoms with Crippen LogP contribution in [0.15, 0.2) is 42.5 Å². The van der Waals surface area contributed by atoms with Crippen molar-refractivity contribution in [3.05, 3.63) is 58.9 Å². The van der Waals surface area contributed by atoms with Gasteiger partial charge in [-0.3, -0.25) is 9.59 Å². The van der Waals surface area contributed by atoms with Crippen LogP contribution in [0, 0.1) is 0 Å². The lowest BCUT2D eigenvalue weighted by Crippen LogP contribution is -2.26. The third-order valence-corrected chi connectivity index (χ3v) is 3.48. The van der Waals surface area contributed by atoms with E-state index in [1.807, 2.05) is 6.92 Å². The molecule has 0 aliphatic rings. The molecule has 1 heterocycles. The topological polar surface area (TPSA) is 71.1 Å². The molecular formula is C17H18ClN3O2. The van der Waals surface area contributed by atoms with Crippen LogP contribution in [0.3, 0.4) is 0 Å². The van der Waals surface area contributed by atoms with Crippen molar-refractivity contribution >= 4 is 29.1 Å². The molecule has 1 aromatic carbocycles. The number of unbranched alkanes of at least 4 members (excludes halogenated alkanes) is 1. The summed E-state index contributed by atoms with van der Waals surface area (Å²) in [6, 6.07) is 11.7. The highest BCUT2D eigenvalue weighted by Crippen LogP contribution is 2.20. The molecule has 0 aliphatic heterocycles. The van der Waals surface area contributed by atoms with E-state index in [9.17, 15) is 9.59 Å². The van der Waals surface area contributed by atoms with Crippen molar-refractivity contribution in [1.82, 2.24) is 10.3 Å². The monoisotopic (exact) mass is 331 g/mol. The molecule has 5 nitrogen and oxygen atoms in total. The zero-order valence-electron chi connectivity index (χ0n) is 12.8. The first kappa shape index (κ1) is 17.0. The number of hydrogen-bond donors (Lipinski definition) is 2. The van der Waals surface area contributed by atoms with Gasteiger partial charge in [0.1, 0.15) is 11.4 Å². The smallest absolute Gasteiger partial charge is 0.274 e. The van der Waals surface area contributed by atoms with Crippen molar-refractivity contribution in [2.45, 2.75) is 19.8 Å². The number of nitrogens with one attached hydrogen (secondary N) is 2. The average molecular weight is 332 g/mol. The number of aromatic nitrogens is 1. The van der Waals surface area contributed by atoms with Crippen LogP contribution in [0.5, 0.6) is 0 Å². The third-order valence-electron chi connectivity index (χ3n) is 3.15. The van der Waals surface area contributed by atoms with E-state index in [2.05, 4.69) is 15.6 Å². The number of rotatable bonds is 6. The maximum Gasteiger partial charge on any atom is 0.274 e. The van der Waals surface area contributed by atoms with E-state index in [1.165, 1.54) is 0 Å². The Morgan fingerprint density at radius 1 is 1.04 bits per heavy atom. The summed E-state index contributed by atoms with van der Waals surface area (Å²) in [6.07, 6.45) is 1.90. The molecule has 0 saturated carbocycles. The second-order valence-corrected chi connectivity index (χ2v) is 5.36. The number of halogens is 1. The Morgan fingerprint density at radius 3 is 2.43 bits per heavy atom. The van der Waals surface area contributed by atoms with Gasteiger partial charge in [-0.2, -0.15) is 0 Å². The maximum absolute atomic E-state index is 12.2. The first-order chi connectivity index (χ1) is 11.1. The predicted octanol–water partition coefficient (Wildman–Crippen LogP) is 3.52. The molecule has 0 saturated heterocycles. The number of carbonyl (C=O) groups is 2. The van der Waals surface area contributed by atoms with Crippen molar-refractivity contribution in [2.75, 3.05) is 11.9 Å². The highest BCUT2D eigenvalue weighted by Gasteiger charge is 2.13. The van der Waals surface area contributed by atoms with Crippen LogP contribution in [-0.2, 0) is 0 Å². The summed E-state index contributed by atoms with van der Waals surface area (Å²) < 4.78 is 0. The summed E-state index contributed by atoms with van der Waals surface area (Å²) in [5.41, 5.74) is 0.875. The van der Waals surface area contributed by atoms with Crippen LogP contribution in [-0.4, -0.2) is 23.3 Å². The van der Waals surface area contributed by atoms with E-state index < -0.39 is 5.91 Å². The van der Waals surface area contributed by atoms with Crippen molar-refractivity contribution in [3.8, 4) is 0 Å². The Bertz CT molecular complexity index is 704. The summed E-state index contributed by atoms with van der Waals surface area (Å²) in [5, 5.41) is 5.89. The number of anilines is 1. The van der Waals surface area contributed by atoms with E-state index in [0.29, 0.717) is 17.3 Å². The Balaban J connectivity index is 2.08. The Morgan fingerprint density at radius 2 is 1.74 bits per heavy atom. The Labute approximate surface area is 140 Å². The van der Waals surface area contributed by atoms with Crippen LogP contribution in [0.1, 0.15) is 40.7 Å². The van der Waals surface area contributed by atoms with E-state index in [4.69, 9.17) is 11.6 Å². The lowest BCUT2D eigenvalue weighted by atomic mass is 10.2. The summed E-state index contributed by atoms with van der Waals surface area (Å²) in [7, 11) is 0. The molecule has 2 rings (SSSR count). The molecule has 2 amide bonds. The highest BCUT2D eigenvalue weighted by atomic mass is 35.5. The van der Waals surface area contributed by atoms with Crippen molar-refractivity contribution in [2.24, 2.45) is 0 Å². The van der Waals surface area contributed by atoms with E-state index in [0.717, 1.165) is 12.8 Å². The van der Waals surface area contributed by atoms with Gasteiger partial charge < -0.3 is 10.6 Å². The Kier molecular flexibility index (Phi) is 6.11. The normalized spacial score (nSPS) is 10.2. The summed E-state index contributed by atoms with van der Waals surface area (Å²) in [4.78, 5) is 28.3. The first-order valence-corrected chi connectivity index (χ1v) is 7.80. The van der Waals surface area contributed by atoms with Gasteiger partial charge in [0.2, 0.25) is 0 Å². The summed E-state index contributed by atoms with van der Waals surface area (Å²) >= 11 is 6.01. The number of hydrogen-bond acceptors (Lipinski definition) is 3. The summed E-state index contributed by atoms with van der Waals surface area (Å²) in [5.74, 6) is -0.702. The van der Waals surface area contributed by atoms with Gasteiger partial charge in [-0.1, -0.05) is 43.1 Å². The molecule has 0 bridgehead atoms. The maximum atomic E-state index is 12.2. The molecular weight excluding hydrogens is 314 g/mol. The standard InChI is InChI=1S/C17H18ClN3O2/c1-2-3-11-19-16(22)14-9-6-10-15(20-14)17(23)21-13-8-5-4-7-12(13)18/h4-10H,2-3,11H2,1H3,(H,19,22)(H,21,23). The van der Waals surface area contributed by atoms with Gasteiger partial charge in [-0.05, 0) is 30.7 Å². The predicted molar refractivity (Wildman–Crippen MR) is 90.9 cm³/mol. The fraction of sp³-hybridized carbons (Fsp3) is 0.235. The second-order valence-electron chi connectivity index (χ2n) is 4.95. The van der Waals surface area contributed by atoms with Crippen LogP contribution < -0.4 is 10.6 Å². The van der Waals surface area contributed by atoms with Crippen LogP contribution >= 0.6 is 11.6 Å². The van der Waals surface area contributed by atoms with E-state index in [-0.39, 0.29) is 17.3 Å². The minimum atomic E-state index is -0.415. The van der Waals surface area contributed by atoms with Crippen molar-refractivity contribution < 1.29 is 9.59 Å². The fourth-order valence-corrected chi connectivity index (χ4v) is 2.09. The van der Waals surface area contributed by atoms with Crippen LogP contribution in [0.4, 0.5) is 5.69 Å². The first-order valence-electron chi connectivity index (χ1n) is 7.43. The molecule has 0 atom stereocenters. The highest BCUT2D eigenvalue weighted by molar-refractivity contribution is 6.33. The third kappa shape index (κ3) is 4.79. The minimum absolute atomic E-state index is 0.160. The number of nitrogens with zero attached hydrogens (tertiary/aromatic N) is 1. The fourth-order valence-electron chi connectivity index (χ4n) is 1.91. The second kappa shape index (κ2) is 8.29. The molecule has 120 valence electrons. The van der Waals surface area contributed by atoms with Gasteiger partial charge in [0.15, 0.2) is 0 Å².